The van der Waals surface area contributed by atoms with Gasteiger partial charge in [0, 0.05) is 25.0 Å². The van der Waals surface area contributed by atoms with Gasteiger partial charge in [-0.25, -0.2) is 0 Å². The number of amides is 1. The van der Waals surface area contributed by atoms with Gasteiger partial charge in [-0.1, -0.05) is 34.1 Å². The minimum Gasteiger partial charge on any atom is -0.355 e. The van der Waals surface area contributed by atoms with Gasteiger partial charge in [0.2, 0.25) is 5.91 Å². The van der Waals surface area contributed by atoms with E-state index in [2.05, 4.69) is 24.5 Å². The van der Waals surface area contributed by atoms with E-state index in [1.165, 1.54) is 25.7 Å². The molecule has 1 atom stereocenters. The first-order valence-corrected chi connectivity index (χ1v) is 6.92. The summed E-state index contributed by atoms with van der Waals surface area (Å²) in [5.74, 6) is 0.236. The molecule has 0 aliphatic heterocycles. The number of carbonyl (C=O) groups is 1. The lowest BCUT2D eigenvalue weighted by molar-refractivity contribution is -0.123. The van der Waals surface area contributed by atoms with Crippen LogP contribution in [0.3, 0.4) is 0 Å². The van der Waals surface area contributed by atoms with Crippen molar-refractivity contribution in [2.75, 3.05) is 13.1 Å². The zero-order valence-corrected chi connectivity index (χ0v) is 11.8. The Morgan fingerprint density at radius 1 is 1.35 bits per heavy atom. The van der Waals surface area contributed by atoms with Gasteiger partial charge >= 0.3 is 0 Å². The standard InChI is InChI=1S/C14H28N2O/c1-11(2)13(17)16-9-8-15-12-6-5-7-14(3,4)10-12/h11-12,15H,5-10H2,1-4H3,(H,16,17). The summed E-state index contributed by atoms with van der Waals surface area (Å²) in [6, 6.07) is 0.634. The van der Waals surface area contributed by atoms with Crippen LogP contribution in [0.4, 0.5) is 0 Å². The van der Waals surface area contributed by atoms with Crippen LogP contribution >= 0.6 is 0 Å². The summed E-state index contributed by atoms with van der Waals surface area (Å²) in [5, 5.41) is 6.50. The monoisotopic (exact) mass is 240 g/mol. The Morgan fingerprint density at radius 3 is 2.65 bits per heavy atom. The average Bonchev–Trinajstić information content (AvgIpc) is 2.22. The van der Waals surface area contributed by atoms with Crippen molar-refractivity contribution in [3.05, 3.63) is 0 Å². The molecule has 1 amide bonds. The van der Waals surface area contributed by atoms with Gasteiger partial charge in [0.05, 0.1) is 0 Å². The summed E-state index contributed by atoms with van der Waals surface area (Å²) in [6.45, 7) is 10.2. The number of hydrogen-bond acceptors (Lipinski definition) is 2. The number of carbonyl (C=O) groups excluding carboxylic acids is 1. The molecule has 1 saturated carbocycles. The predicted molar refractivity (Wildman–Crippen MR) is 71.9 cm³/mol. The van der Waals surface area contributed by atoms with E-state index < -0.39 is 0 Å². The van der Waals surface area contributed by atoms with Crippen LogP contribution in [0.2, 0.25) is 0 Å². The first-order chi connectivity index (χ1) is 7.91. The SMILES string of the molecule is CC(C)C(=O)NCCNC1CCCC(C)(C)C1. The number of hydrogen-bond donors (Lipinski definition) is 2. The third-order valence-electron chi connectivity index (χ3n) is 3.59. The normalized spacial score (nSPS) is 23.7. The highest BCUT2D eigenvalue weighted by molar-refractivity contribution is 5.77. The van der Waals surface area contributed by atoms with Gasteiger partial charge in [-0.15, -0.1) is 0 Å². The Labute approximate surface area is 106 Å². The Bertz CT molecular complexity index is 249. The molecule has 3 nitrogen and oxygen atoms in total. The maximum Gasteiger partial charge on any atom is 0.222 e. The molecule has 0 spiro atoms. The fourth-order valence-electron chi connectivity index (χ4n) is 2.54. The molecule has 0 aromatic heterocycles. The molecule has 0 aromatic carbocycles. The Balaban J connectivity index is 2.12. The smallest absolute Gasteiger partial charge is 0.222 e. The molecule has 2 N–H and O–H groups in total. The first-order valence-electron chi connectivity index (χ1n) is 6.92. The maximum absolute atomic E-state index is 11.4. The number of rotatable bonds is 5. The molecule has 1 aliphatic carbocycles. The van der Waals surface area contributed by atoms with Gasteiger partial charge in [-0.2, -0.15) is 0 Å². The molecule has 1 unspecified atom stereocenters. The lowest BCUT2D eigenvalue weighted by Gasteiger charge is -2.35. The number of nitrogens with one attached hydrogen (secondary N) is 2. The predicted octanol–water partition coefficient (Wildman–Crippen LogP) is 2.32. The summed E-state index contributed by atoms with van der Waals surface area (Å²) < 4.78 is 0. The van der Waals surface area contributed by atoms with Crippen LogP contribution in [-0.4, -0.2) is 25.0 Å². The van der Waals surface area contributed by atoms with E-state index in [9.17, 15) is 4.79 Å². The average molecular weight is 240 g/mol. The summed E-state index contributed by atoms with van der Waals surface area (Å²) >= 11 is 0. The topological polar surface area (TPSA) is 41.1 Å². The molecule has 0 bridgehead atoms. The van der Waals surface area contributed by atoms with E-state index in [4.69, 9.17) is 0 Å². The van der Waals surface area contributed by atoms with E-state index in [-0.39, 0.29) is 11.8 Å². The molecule has 0 heterocycles. The van der Waals surface area contributed by atoms with Crippen molar-refractivity contribution in [2.24, 2.45) is 11.3 Å². The molecular weight excluding hydrogens is 212 g/mol. The van der Waals surface area contributed by atoms with Crippen molar-refractivity contribution >= 4 is 5.91 Å². The summed E-state index contributed by atoms with van der Waals surface area (Å²) in [7, 11) is 0. The third-order valence-corrected chi connectivity index (χ3v) is 3.59. The summed E-state index contributed by atoms with van der Waals surface area (Å²) in [5.41, 5.74) is 0.483. The molecule has 3 heteroatoms. The van der Waals surface area contributed by atoms with Gasteiger partial charge in [-0.3, -0.25) is 4.79 Å². The van der Waals surface area contributed by atoms with Crippen LogP contribution in [0.1, 0.15) is 53.4 Å². The van der Waals surface area contributed by atoms with E-state index in [0.717, 1.165) is 13.1 Å². The highest BCUT2D eigenvalue weighted by Crippen LogP contribution is 2.34. The summed E-state index contributed by atoms with van der Waals surface area (Å²) in [4.78, 5) is 11.4. The van der Waals surface area contributed by atoms with Crippen molar-refractivity contribution < 1.29 is 4.79 Å². The molecule has 1 aliphatic rings. The molecule has 1 rings (SSSR count). The molecular formula is C14H28N2O. The quantitative estimate of drug-likeness (QED) is 0.724. The van der Waals surface area contributed by atoms with Crippen LogP contribution in [0.5, 0.6) is 0 Å². The van der Waals surface area contributed by atoms with Crippen molar-refractivity contribution in [1.82, 2.24) is 10.6 Å². The molecule has 0 saturated heterocycles. The van der Waals surface area contributed by atoms with Gasteiger partial charge in [0.1, 0.15) is 0 Å². The zero-order valence-electron chi connectivity index (χ0n) is 11.8. The largest absolute Gasteiger partial charge is 0.355 e. The van der Waals surface area contributed by atoms with E-state index in [1.807, 2.05) is 13.8 Å². The Morgan fingerprint density at radius 2 is 2.06 bits per heavy atom. The van der Waals surface area contributed by atoms with Gasteiger partial charge in [0.25, 0.3) is 0 Å². The van der Waals surface area contributed by atoms with Gasteiger partial charge in [0.15, 0.2) is 0 Å². The third kappa shape index (κ3) is 5.53. The minimum atomic E-state index is 0.0867. The molecule has 0 radical (unpaired) electrons. The van der Waals surface area contributed by atoms with Crippen molar-refractivity contribution in [3.8, 4) is 0 Å². The van der Waals surface area contributed by atoms with Gasteiger partial charge in [-0.05, 0) is 24.7 Å². The van der Waals surface area contributed by atoms with Crippen LogP contribution in [0.15, 0.2) is 0 Å². The second-order valence-electron chi connectivity index (χ2n) is 6.36. The van der Waals surface area contributed by atoms with Crippen LogP contribution < -0.4 is 10.6 Å². The first kappa shape index (κ1) is 14.5. The molecule has 100 valence electrons. The van der Waals surface area contributed by atoms with Crippen LogP contribution in [0.25, 0.3) is 0 Å². The molecule has 17 heavy (non-hydrogen) atoms. The van der Waals surface area contributed by atoms with Crippen molar-refractivity contribution in [1.29, 1.82) is 0 Å². The Hall–Kier alpha value is -0.570. The lowest BCUT2D eigenvalue weighted by Crippen LogP contribution is -2.41. The fourth-order valence-corrected chi connectivity index (χ4v) is 2.54. The molecule has 0 aromatic rings. The Kier molecular flexibility index (Phi) is 5.44. The van der Waals surface area contributed by atoms with Crippen LogP contribution in [0, 0.1) is 11.3 Å². The minimum absolute atomic E-state index is 0.0867. The molecule has 1 fully saturated rings. The maximum atomic E-state index is 11.4. The van der Waals surface area contributed by atoms with Crippen molar-refractivity contribution in [3.63, 3.8) is 0 Å². The second-order valence-corrected chi connectivity index (χ2v) is 6.36. The van der Waals surface area contributed by atoms with E-state index >= 15 is 0 Å². The highest BCUT2D eigenvalue weighted by Gasteiger charge is 2.27. The second kappa shape index (κ2) is 6.39. The highest BCUT2D eigenvalue weighted by atomic mass is 16.1. The van der Waals surface area contributed by atoms with E-state index in [1.54, 1.807) is 0 Å². The van der Waals surface area contributed by atoms with Gasteiger partial charge < -0.3 is 10.6 Å². The fraction of sp³-hybridized carbons (Fsp3) is 0.929. The zero-order chi connectivity index (χ0) is 12.9. The van der Waals surface area contributed by atoms with E-state index in [0.29, 0.717) is 11.5 Å². The summed E-state index contributed by atoms with van der Waals surface area (Å²) in [6.07, 6.45) is 5.20. The van der Waals surface area contributed by atoms with Crippen molar-refractivity contribution in [2.45, 2.75) is 59.4 Å². The lowest BCUT2D eigenvalue weighted by atomic mass is 9.75. The van der Waals surface area contributed by atoms with Crippen LogP contribution in [-0.2, 0) is 4.79 Å².